The summed E-state index contributed by atoms with van der Waals surface area (Å²) >= 11 is 0. The Labute approximate surface area is 162 Å². The lowest BCUT2D eigenvalue weighted by molar-refractivity contribution is -0.174. The van der Waals surface area contributed by atoms with Crippen LogP contribution in [0, 0.1) is 45.8 Å². The van der Waals surface area contributed by atoms with Crippen molar-refractivity contribution < 1.29 is 0 Å². The first-order valence-corrected chi connectivity index (χ1v) is 11.8. The Bertz CT molecular complexity index is 526. The van der Waals surface area contributed by atoms with Crippen LogP contribution in [0.1, 0.15) is 91.9 Å². The van der Waals surface area contributed by atoms with Gasteiger partial charge in [0.25, 0.3) is 0 Å². The third-order valence-corrected chi connectivity index (χ3v) is 10.9. The summed E-state index contributed by atoms with van der Waals surface area (Å²) in [6.45, 7) is 11.1. The number of fused-ring (bicyclic) bond motifs is 5. The fourth-order valence-electron chi connectivity index (χ4n) is 9.05. The van der Waals surface area contributed by atoms with Crippen LogP contribution >= 0.6 is 0 Å². The lowest BCUT2D eigenvalue weighted by Crippen LogP contribution is -2.61. The normalized spacial score (nSPS) is 57.0. The van der Waals surface area contributed by atoms with Crippen molar-refractivity contribution in [1.29, 1.82) is 0 Å². The highest BCUT2D eigenvalue weighted by molar-refractivity contribution is 5.11. The summed E-state index contributed by atoms with van der Waals surface area (Å²) in [6, 6.07) is 0.443. The summed E-state index contributed by atoms with van der Waals surface area (Å²) in [5.41, 5.74) is 14.3. The van der Waals surface area contributed by atoms with E-state index in [0.717, 1.165) is 30.2 Å². The molecule has 0 aromatic rings. The van der Waals surface area contributed by atoms with E-state index in [1.165, 1.54) is 64.2 Å². The van der Waals surface area contributed by atoms with Gasteiger partial charge in [-0.25, -0.2) is 0 Å². The van der Waals surface area contributed by atoms with Crippen molar-refractivity contribution in [2.75, 3.05) is 6.54 Å². The van der Waals surface area contributed by atoms with Gasteiger partial charge < -0.3 is 11.5 Å². The number of nitrogens with two attached hydrogens (primary N) is 2. The van der Waals surface area contributed by atoms with Gasteiger partial charge in [-0.2, -0.15) is 0 Å². The van der Waals surface area contributed by atoms with Crippen LogP contribution in [0.3, 0.4) is 0 Å². The van der Waals surface area contributed by atoms with Crippen molar-refractivity contribution in [2.24, 2.45) is 57.3 Å². The lowest BCUT2D eigenvalue weighted by atomic mass is 9.38. The topological polar surface area (TPSA) is 52.0 Å². The van der Waals surface area contributed by atoms with E-state index >= 15 is 0 Å². The first-order chi connectivity index (χ1) is 12.3. The van der Waals surface area contributed by atoms with Gasteiger partial charge in [-0.3, -0.25) is 0 Å². The minimum Gasteiger partial charge on any atom is -0.330 e. The molecular formula is C24H44N2. The first-order valence-electron chi connectivity index (χ1n) is 11.8. The molecule has 26 heavy (non-hydrogen) atoms. The zero-order valence-corrected chi connectivity index (χ0v) is 17.9. The van der Waals surface area contributed by atoms with Crippen molar-refractivity contribution in [3.8, 4) is 0 Å². The van der Waals surface area contributed by atoms with Crippen molar-refractivity contribution in [1.82, 2.24) is 0 Å². The SMILES string of the molecule is CCC1(CN)CCC2C(CCC3C2(C)CCC2C(C)C(N)CCC23C)C1. The summed E-state index contributed by atoms with van der Waals surface area (Å²) in [7, 11) is 0. The van der Waals surface area contributed by atoms with Crippen molar-refractivity contribution in [3.63, 3.8) is 0 Å². The van der Waals surface area contributed by atoms with E-state index in [1.54, 1.807) is 0 Å². The zero-order chi connectivity index (χ0) is 18.7. The number of hydrogen-bond donors (Lipinski definition) is 2. The molecule has 0 spiro atoms. The van der Waals surface area contributed by atoms with Crippen LogP contribution in [0.4, 0.5) is 0 Å². The zero-order valence-electron chi connectivity index (χ0n) is 17.9. The van der Waals surface area contributed by atoms with Gasteiger partial charge in [0.15, 0.2) is 0 Å². The van der Waals surface area contributed by atoms with Gasteiger partial charge in [-0.15, -0.1) is 0 Å². The molecule has 0 aromatic carbocycles. The Hall–Kier alpha value is -0.0800. The van der Waals surface area contributed by atoms with Gasteiger partial charge in [0.2, 0.25) is 0 Å². The third-order valence-electron chi connectivity index (χ3n) is 10.9. The maximum absolute atomic E-state index is 6.50. The molecule has 0 aliphatic heterocycles. The predicted octanol–water partition coefficient (Wildman–Crippen LogP) is 5.35. The Balaban J connectivity index is 1.61. The quantitative estimate of drug-likeness (QED) is 0.697. The molecule has 2 nitrogen and oxygen atoms in total. The fourth-order valence-corrected chi connectivity index (χ4v) is 9.05. The second-order valence-electron chi connectivity index (χ2n) is 11.5. The Morgan fingerprint density at radius 2 is 1.54 bits per heavy atom. The van der Waals surface area contributed by atoms with Crippen molar-refractivity contribution in [2.45, 2.75) is 97.9 Å². The van der Waals surface area contributed by atoms with E-state index in [9.17, 15) is 0 Å². The van der Waals surface area contributed by atoms with Gasteiger partial charge in [0.05, 0.1) is 0 Å². The van der Waals surface area contributed by atoms with E-state index in [0.29, 0.717) is 28.2 Å². The Kier molecular flexibility index (Phi) is 4.79. The third kappa shape index (κ3) is 2.57. The van der Waals surface area contributed by atoms with E-state index in [4.69, 9.17) is 11.5 Å². The lowest BCUT2D eigenvalue weighted by Gasteiger charge is -2.67. The molecule has 4 saturated carbocycles. The molecule has 4 rings (SSSR count). The molecule has 2 heteroatoms. The summed E-state index contributed by atoms with van der Waals surface area (Å²) < 4.78 is 0. The maximum atomic E-state index is 6.50. The summed E-state index contributed by atoms with van der Waals surface area (Å²) in [5, 5.41) is 0. The molecule has 4 N–H and O–H groups in total. The summed E-state index contributed by atoms with van der Waals surface area (Å²) in [6.07, 6.45) is 14.0. The van der Waals surface area contributed by atoms with E-state index in [-0.39, 0.29) is 0 Å². The molecule has 9 atom stereocenters. The molecule has 0 saturated heterocycles. The van der Waals surface area contributed by atoms with Gasteiger partial charge in [-0.05, 0) is 117 Å². The second kappa shape index (κ2) is 6.48. The van der Waals surface area contributed by atoms with Crippen LogP contribution < -0.4 is 11.5 Å². The van der Waals surface area contributed by atoms with Crippen molar-refractivity contribution >= 4 is 0 Å². The van der Waals surface area contributed by atoms with Gasteiger partial charge >= 0.3 is 0 Å². The van der Waals surface area contributed by atoms with Crippen molar-refractivity contribution in [3.05, 3.63) is 0 Å². The molecule has 0 heterocycles. The summed E-state index contributed by atoms with van der Waals surface area (Å²) in [5.74, 6) is 4.40. The maximum Gasteiger partial charge on any atom is 0.00675 e. The number of hydrogen-bond acceptors (Lipinski definition) is 2. The number of rotatable bonds is 2. The van der Waals surface area contributed by atoms with Crippen LogP contribution in [0.25, 0.3) is 0 Å². The monoisotopic (exact) mass is 360 g/mol. The fraction of sp³-hybridized carbons (Fsp3) is 1.00. The predicted molar refractivity (Wildman–Crippen MR) is 111 cm³/mol. The Morgan fingerprint density at radius 3 is 2.23 bits per heavy atom. The van der Waals surface area contributed by atoms with E-state index in [2.05, 4.69) is 27.7 Å². The highest BCUT2D eigenvalue weighted by atomic mass is 14.7. The molecule has 9 unspecified atom stereocenters. The molecule has 150 valence electrons. The van der Waals surface area contributed by atoms with E-state index in [1.807, 2.05) is 0 Å². The van der Waals surface area contributed by atoms with Crippen LogP contribution in [-0.4, -0.2) is 12.6 Å². The average Bonchev–Trinajstić information content (AvgIpc) is 2.64. The minimum absolute atomic E-state index is 0.443. The Morgan fingerprint density at radius 1 is 0.885 bits per heavy atom. The molecular weight excluding hydrogens is 316 g/mol. The van der Waals surface area contributed by atoms with Crippen LogP contribution in [0.15, 0.2) is 0 Å². The van der Waals surface area contributed by atoms with E-state index < -0.39 is 0 Å². The molecule has 4 fully saturated rings. The van der Waals surface area contributed by atoms with Gasteiger partial charge in [0.1, 0.15) is 0 Å². The van der Waals surface area contributed by atoms with Crippen LogP contribution in [-0.2, 0) is 0 Å². The second-order valence-corrected chi connectivity index (χ2v) is 11.5. The van der Waals surface area contributed by atoms with Crippen LogP contribution in [0.5, 0.6) is 0 Å². The summed E-state index contributed by atoms with van der Waals surface area (Å²) in [4.78, 5) is 0. The molecule has 0 amide bonds. The molecule has 0 bridgehead atoms. The largest absolute Gasteiger partial charge is 0.330 e. The highest BCUT2D eigenvalue weighted by Gasteiger charge is 2.62. The van der Waals surface area contributed by atoms with Crippen LogP contribution in [0.2, 0.25) is 0 Å². The molecule has 4 aliphatic rings. The molecule has 4 aliphatic carbocycles. The smallest absolute Gasteiger partial charge is 0.00675 e. The standard InChI is InChI=1S/C24H44N2/c1-5-24(15-25)13-9-19-17(14-24)6-7-21-22(3)12-10-20(26)16(2)18(22)8-11-23(19,21)4/h16-21H,5-15,25-26H2,1-4H3. The van der Waals surface area contributed by atoms with Gasteiger partial charge in [0, 0.05) is 6.04 Å². The minimum atomic E-state index is 0.443. The highest BCUT2D eigenvalue weighted by Crippen LogP contribution is 2.69. The first kappa shape index (κ1) is 19.2. The molecule has 0 radical (unpaired) electrons. The average molecular weight is 361 g/mol. The van der Waals surface area contributed by atoms with Gasteiger partial charge in [-0.1, -0.05) is 27.7 Å². The molecule has 0 aromatic heterocycles.